The Morgan fingerprint density at radius 3 is 2.43 bits per heavy atom. The van der Waals surface area contributed by atoms with Crippen LogP contribution in [0.25, 0.3) is 0 Å². The first kappa shape index (κ1) is 21.2. The number of hydrogen-bond acceptors (Lipinski definition) is 6. The van der Waals surface area contributed by atoms with Crippen LogP contribution in [0.5, 0.6) is 11.5 Å². The number of hydrogen-bond donors (Lipinski definition) is 1. The third-order valence-corrected chi connectivity index (χ3v) is 3.98. The van der Waals surface area contributed by atoms with E-state index in [-0.39, 0.29) is 11.5 Å². The minimum Gasteiger partial charge on any atom is -0.493 e. The summed E-state index contributed by atoms with van der Waals surface area (Å²) < 4.78 is 15.4. The highest BCUT2D eigenvalue weighted by Gasteiger charge is 2.13. The molecule has 148 valence electrons. The maximum atomic E-state index is 11.9. The van der Waals surface area contributed by atoms with Crippen LogP contribution in [0.15, 0.2) is 36.4 Å². The van der Waals surface area contributed by atoms with Crippen molar-refractivity contribution in [2.24, 2.45) is 0 Å². The zero-order chi connectivity index (χ0) is 20.7. The van der Waals surface area contributed by atoms with Crippen LogP contribution < -0.4 is 14.8 Å². The Kier molecular flexibility index (Phi) is 7.40. The summed E-state index contributed by atoms with van der Waals surface area (Å²) in [7, 11) is 1.42. The molecule has 0 spiro atoms. The minimum atomic E-state index is -0.722. The van der Waals surface area contributed by atoms with E-state index < -0.39 is 25.1 Å². The van der Waals surface area contributed by atoms with Gasteiger partial charge in [0.15, 0.2) is 30.5 Å². The Balaban J connectivity index is 1.84. The number of aryl methyl sites for hydroxylation is 1. The third-order valence-electron chi connectivity index (χ3n) is 3.74. The van der Waals surface area contributed by atoms with E-state index in [0.29, 0.717) is 22.0 Å². The molecule has 7 nitrogen and oxygen atoms in total. The number of anilines is 1. The molecule has 0 unspecified atom stereocenters. The lowest BCUT2D eigenvalue weighted by Gasteiger charge is -2.12. The molecule has 0 aromatic heterocycles. The van der Waals surface area contributed by atoms with Crippen LogP contribution >= 0.6 is 11.6 Å². The fraction of sp³-hybridized carbons (Fsp3) is 0.250. The standard InChI is InChI=1S/C20H20ClNO6/c1-12-8-15(21)5-6-16(12)22-19(24)10-28-20(25)11-27-17-7-4-14(13(2)23)9-18(17)26-3/h4-9H,10-11H2,1-3H3,(H,22,24). The summed E-state index contributed by atoms with van der Waals surface area (Å²) in [6.45, 7) is 2.36. The Morgan fingerprint density at radius 1 is 1.04 bits per heavy atom. The van der Waals surface area contributed by atoms with Crippen molar-refractivity contribution < 1.29 is 28.6 Å². The number of carbonyl (C=O) groups excluding carboxylic acids is 3. The molecule has 0 aliphatic rings. The van der Waals surface area contributed by atoms with Crippen molar-refractivity contribution in [3.63, 3.8) is 0 Å². The summed E-state index contributed by atoms with van der Waals surface area (Å²) in [4.78, 5) is 35.1. The molecule has 2 rings (SSSR count). The molecule has 0 bridgehead atoms. The highest BCUT2D eigenvalue weighted by atomic mass is 35.5. The summed E-state index contributed by atoms with van der Waals surface area (Å²) in [5, 5.41) is 3.20. The van der Waals surface area contributed by atoms with Crippen LogP contribution in [-0.2, 0) is 14.3 Å². The van der Waals surface area contributed by atoms with Gasteiger partial charge in [-0.3, -0.25) is 9.59 Å². The smallest absolute Gasteiger partial charge is 0.344 e. The van der Waals surface area contributed by atoms with Gasteiger partial charge in [-0.2, -0.15) is 0 Å². The van der Waals surface area contributed by atoms with Gasteiger partial charge in [0.25, 0.3) is 5.91 Å². The van der Waals surface area contributed by atoms with Crippen LogP contribution in [0.2, 0.25) is 5.02 Å². The molecule has 8 heteroatoms. The molecule has 0 heterocycles. The van der Waals surface area contributed by atoms with Gasteiger partial charge in [-0.25, -0.2) is 4.79 Å². The molecule has 0 saturated carbocycles. The van der Waals surface area contributed by atoms with E-state index in [1.807, 2.05) is 0 Å². The maximum absolute atomic E-state index is 11.9. The number of ketones is 1. The van der Waals surface area contributed by atoms with Gasteiger partial charge in [-0.1, -0.05) is 11.6 Å². The molecule has 0 aliphatic carbocycles. The van der Waals surface area contributed by atoms with E-state index in [9.17, 15) is 14.4 Å². The number of halogens is 1. The maximum Gasteiger partial charge on any atom is 0.344 e. The molecule has 0 radical (unpaired) electrons. The predicted molar refractivity (Wildman–Crippen MR) is 104 cm³/mol. The lowest BCUT2D eigenvalue weighted by Crippen LogP contribution is -2.24. The summed E-state index contributed by atoms with van der Waals surface area (Å²) in [5.41, 5.74) is 1.83. The summed E-state index contributed by atoms with van der Waals surface area (Å²) >= 11 is 5.87. The van der Waals surface area contributed by atoms with Crippen molar-refractivity contribution in [3.05, 3.63) is 52.5 Å². The molecule has 28 heavy (non-hydrogen) atoms. The summed E-state index contributed by atoms with van der Waals surface area (Å²) in [6.07, 6.45) is 0. The largest absolute Gasteiger partial charge is 0.493 e. The number of nitrogens with one attached hydrogen (secondary N) is 1. The highest BCUT2D eigenvalue weighted by Crippen LogP contribution is 2.28. The number of carbonyl (C=O) groups is 3. The number of esters is 1. The van der Waals surface area contributed by atoms with Gasteiger partial charge in [0.05, 0.1) is 7.11 Å². The van der Waals surface area contributed by atoms with Crippen LogP contribution in [0, 0.1) is 6.92 Å². The van der Waals surface area contributed by atoms with E-state index in [0.717, 1.165) is 5.56 Å². The first-order valence-electron chi connectivity index (χ1n) is 8.33. The molecule has 0 saturated heterocycles. The second kappa shape index (κ2) is 9.75. The minimum absolute atomic E-state index is 0.119. The fourth-order valence-corrected chi connectivity index (χ4v) is 2.51. The quantitative estimate of drug-likeness (QED) is 0.534. The van der Waals surface area contributed by atoms with Gasteiger partial charge in [-0.15, -0.1) is 0 Å². The molecular formula is C20H20ClNO6. The van der Waals surface area contributed by atoms with Crippen LogP contribution in [0.3, 0.4) is 0 Å². The van der Waals surface area contributed by atoms with Crippen LogP contribution in [0.1, 0.15) is 22.8 Å². The van der Waals surface area contributed by atoms with E-state index in [2.05, 4.69) is 5.32 Å². The molecule has 0 aliphatic heterocycles. The second-order valence-corrected chi connectivity index (χ2v) is 6.32. The van der Waals surface area contributed by atoms with Crippen molar-refractivity contribution in [1.29, 1.82) is 0 Å². The van der Waals surface area contributed by atoms with Crippen molar-refractivity contribution in [2.75, 3.05) is 25.6 Å². The Morgan fingerprint density at radius 2 is 1.79 bits per heavy atom. The number of benzene rings is 2. The number of rotatable bonds is 8. The monoisotopic (exact) mass is 405 g/mol. The average Bonchev–Trinajstić information content (AvgIpc) is 2.66. The molecule has 0 atom stereocenters. The molecule has 2 aromatic carbocycles. The van der Waals surface area contributed by atoms with Crippen molar-refractivity contribution in [3.8, 4) is 11.5 Å². The molecule has 2 aromatic rings. The molecule has 0 fully saturated rings. The average molecular weight is 406 g/mol. The normalized spacial score (nSPS) is 10.1. The van der Waals surface area contributed by atoms with Gasteiger partial charge in [0, 0.05) is 16.3 Å². The van der Waals surface area contributed by atoms with Gasteiger partial charge in [-0.05, 0) is 55.8 Å². The summed E-state index contributed by atoms with van der Waals surface area (Å²) in [6, 6.07) is 9.63. The fourth-order valence-electron chi connectivity index (χ4n) is 2.28. The highest BCUT2D eigenvalue weighted by molar-refractivity contribution is 6.30. The number of amides is 1. The van der Waals surface area contributed by atoms with Gasteiger partial charge >= 0.3 is 5.97 Å². The summed E-state index contributed by atoms with van der Waals surface area (Å²) in [5.74, 6) is -0.726. The SMILES string of the molecule is COc1cc(C(C)=O)ccc1OCC(=O)OCC(=O)Nc1ccc(Cl)cc1C. The van der Waals surface area contributed by atoms with Crippen molar-refractivity contribution >= 4 is 34.9 Å². The van der Waals surface area contributed by atoms with E-state index in [1.165, 1.54) is 26.2 Å². The third kappa shape index (κ3) is 5.99. The van der Waals surface area contributed by atoms with E-state index in [1.54, 1.807) is 31.2 Å². The van der Waals surface area contributed by atoms with Gasteiger partial charge in [0.1, 0.15) is 0 Å². The Bertz CT molecular complexity index is 896. The van der Waals surface area contributed by atoms with Crippen molar-refractivity contribution in [2.45, 2.75) is 13.8 Å². The number of Topliss-reactive ketones (excluding diaryl/α,β-unsaturated/α-hetero) is 1. The molecular weight excluding hydrogens is 386 g/mol. The Labute approximate surface area is 167 Å². The first-order valence-corrected chi connectivity index (χ1v) is 8.71. The number of methoxy groups -OCH3 is 1. The molecule has 1 amide bonds. The Hall–Kier alpha value is -3.06. The number of ether oxygens (including phenoxy) is 3. The van der Waals surface area contributed by atoms with E-state index in [4.69, 9.17) is 25.8 Å². The molecule has 1 N–H and O–H groups in total. The van der Waals surface area contributed by atoms with Crippen molar-refractivity contribution in [1.82, 2.24) is 0 Å². The first-order chi connectivity index (χ1) is 13.3. The predicted octanol–water partition coefficient (Wildman–Crippen LogP) is 3.42. The topological polar surface area (TPSA) is 90.9 Å². The zero-order valence-electron chi connectivity index (χ0n) is 15.7. The zero-order valence-corrected chi connectivity index (χ0v) is 16.5. The van der Waals surface area contributed by atoms with Crippen LogP contribution in [0.4, 0.5) is 5.69 Å². The lowest BCUT2D eigenvalue weighted by atomic mass is 10.1. The van der Waals surface area contributed by atoms with E-state index >= 15 is 0 Å². The van der Waals surface area contributed by atoms with Gasteiger partial charge < -0.3 is 19.5 Å². The second-order valence-electron chi connectivity index (χ2n) is 5.88. The lowest BCUT2D eigenvalue weighted by molar-refractivity contribution is -0.149. The van der Waals surface area contributed by atoms with Gasteiger partial charge in [0.2, 0.25) is 0 Å². The van der Waals surface area contributed by atoms with Crippen LogP contribution in [-0.4, -0.2) is 38.0 Å².